The minimum absolute atomic E-state index is 0.0206. The van der Waals surface area contributed by atoms with Crippen molar-refractivity contribution in [2.45, 2.75) is 176 Å². The maximum atomic E-state index is 12.1. The number of unbranched alkanes of at least 4 members (excludes halogenated alkanes) is 14. The molecule has 9 nitrogen and oxygen atoms in total. The van der Waals surface area contributed by atoms with Crippen LogP contribution in [0.5, 0.6) is 0 Å². The van der Waals surface area contributed by atoms with E-state index >= 15 is 0 Å². The van der Waals surface area contributed by atoms with Gasteiger partial charge in [-0.05, 0) is 40.0 Å². The quantitative estimate of drug-likeness (QED) is 0.0507. The minimum Gasteiger partial charge on any atom is -0.466 e. The van der Waals surface area contributed by atoms with Gasteiger partial charge in [0.05, 0.1) is 45.2 Å². The van der Waals surface area contributed by atoms with Gasteiger partial charge >= 0.3 is 23.9 Å². The highest BCUT2D eigenvalue weighted by molar-refractivity contribution is 5.90. The number of ether oxygens (including phenoxy) is 4. The molecule has 1 atom stereocenters. The summed E-state index contributed by atoms with van der Waals surface area (Å²) < 4.78 is 19.4. The van der Waals surface area contributed by atoms with Crippen molar-refractivity contribution in [2.24, 2.45) is 5.92 Å². The van der Waals surface area contributed by atoms with Crippen molar-refractivity contribution >= 4 is 23.9 Å². The van der Waals surface area contributed by atoms with Crippen LogP contribution in [0.1, 0.15) is 170 Å². The van der Waals surface area contributed by atoms with E-state index in [9.17, 15) is 24.3 Å². The lowest BCUT2D eigenvalue weighted by molar-refractivity contribution is -0.177. The summed E-state index contributed by atoms with van der Waals surface area (Å²) in [5.74, 6) is -2.45. The molecular weight excluding hydrogens is 576 g/mol. The van der Waals surface area contributed by atoms with E-state index in [0.717, 1.165) is 19.3 Å². The summed E-state index contributed by atoms with van der Waals surface area (Å²) in [5.41, 5.74) is -2.26. The van der Waals surface area contributed by atoms with Gasteiger partial charge < -0.3 is 24.1 Å². The molecule has 45 heavy (non-hydrogen) atoms. The Kier molecular flexibility index (Phi) is 31.8. The fraction of sp³-hybridized carbons (Fsp3) is 0.889. The Bertz CT molecular complexity index is 718. The first-order valence-electron chi connectivity index (χ1n) is 18.0. The Morgan fingerprint density at radius 1 is 0.533 bits per heavy atom. The molecule has 1 unspecified atom stereocenters. The third-order valence-corrected chi connectivity index (χ3v) is 7.61. The van der Waals surface area contributed by atoms with E-state index in [-0.39, 0.29) is 31.7 Å². The van der Waals surface area contributed by atoms with Crippen molar-refractivity contribution in [3.05, 3.63) is 0 Å². The van der Waals surface area contributed by atoms with E-state index in [2.05, 4.69) is 35.0 Å². The highest BCUT2D eigenvalue weighted by atomic mass is 16.6. The SMILES string of the molecule is CCCCCCCCCCCCCCC(CC)C(=O)OCCCCCC.CCOC(=O)CC(O)(CC(=O)OCC)C(=O)OCC. The first-order chi connectivity index (χ1) is 21.6. The van der Waals surface area contributed by atoms with E-state index in [1.807, 2.05) is 0 Å². The molecule has 0 aromatic rings. The number of aliphatic hydroxyl groups is 1. The lowest BCUT2D eigenvalue weighted by Crippen LogP contribution is -2.44. The first kappa shape index (κ1) is 45.0. The fourth-order valence-corrected chi connectivity index (χ4v) is 4.91. The molecule has 0 saturated heterocycles. The van der Waals surface area contributed by atoms with Crippen LogP contribution < -0.4 is 0 Å². The van der Waals surface area contributed by atoms with E-state index in [4.69, 9.17) is 4.74 Å². The molecule has 0 aliphatic heterocycles. The second-order valence-electron chi connectivity index (χ2n) is 11.7. The second-order valence-corrected chi connectivity index (χ2v) is 11.7. The van der Waals surface area contributed by atoms with Crippen molar-refractivity contribution in [2.75, 3.05) is 26.4 Å². The Hall–Kier alpha value is -2.16. The van der Waals surface area contributed by atoms with E-state index in [1.54, 1.807) is 20.8 Å². The first-order valence-corrected chi connectivity index (χ1v) is 18.0. The van der Waals surface area contributed by atoms with Crippen LogP contribution in [0.2, 0.25) is 0 Å². The van der Waals surface area contributed by atoms with Gasteiger partial charge in [0.15, 0.2) is 5.60 Å². The van der Waals surface area contributed by atoms with Gasteiger partial charge in [0.2, 0.25) is 0 Å². The van der Waals surface area contributed by atoms with E-state index in [1.165, 1.54) is 96.3 Å². The zero-order valence-corrected chi connectivity index (χ0v) is 29.8. The molecule has 266 valence electrons. The number of hydrogen-bond acceptors (Lipinski definition) is 9. The van der Waals surface area contributed by atoms with Gasteiger partial charge in [0, 0.05) is 0 Å². The summed E-state index contributed by atoms with van der Waals surface area (Å²) in [5, 5.41) is 10.1. The van der Waals surface area contributed by atoms with Gasteiger partial charge in [0.25, 0.3) is 0 Å². The second kappa shape index (κ2) is 31.8. The number of hydrogen-bond donors (Lipinski definition) is 1. The van der Waals surface area contributed by atoms with Gasteiger partial charge in [-0.15, -0.1) is 0 Å². The zero-order chi connectivity index (χ0) is 34.2. The predicted octanol–water partition coefficient (Wildman–Crippen LogP) is 8.41. The van der Waals surface area contributed by atoms with E-state index < -0.39 is 36.4 Å². The summed E-state index contributed by atoms with van der Waals surface area (Å²) in [6.07, 6.45) is 21.7. The highest BCUT2D eigenvalue weighted by Gasteiger charge is 2.43. The molecule has 1 N–H and O–H groups in total. The molecule has 0 saturated carbocycles. The van der Waals surface area contributed by atoms with Crippen LogP contribution in [0.15, 0.2) is 0 Å². The van der Waals surface area contributed by atoms with Gasteiger partial charge in [-0.1, -0.05) is 117 Å². The lowest BCUT2D eigenvalue weighted by atomic mass is 9.95. The number of carbonyl (C=O) groups is 4. The molecule has 0 amide bonds. The third-order valence-electron chi connectivity index (χ3n) is 7.61. The average Bonchev–Trinajstić information content (AvgIpc) is 3.00. The van der Waals surface area contributed by atoms with Gasteiger partial charge in [-0.25, -0.2) is 4.79 Å². The maximum absolute atomic E-state index is 12.1. The highest BCUT2D eigenvalue weighted by Crippen LogP contribution is 2.20. The van der Waals surface area contributed by atoms with Crippen LogP contribution in [-0.2, 0) is 38.1 Å². The minimum atomic E-state index is -2.26. The Morgan fingerprint density at radius 3 is 1.33 bits per heavy atom. The topological polar surface area (TPSA) is 125 Å². The molecule has 0 radical (unpaired) electrons. The molecule has 0 aromatic heterocycles. The average molecular weight is 645 g/mol. The van der Waals surface area contributed by atoms with Crippen LogP contribution in [0, 0.1) is 5.92 Å². The zero-order valence-electron chi connectivity index (χ0n) is 29.8. The third kappa shape index (κ3) is 26.7. The summed E-state index contributed by atoms with van der Waals surface area (Å²) in [7, 11) is 0. The molecular formula is C36H68O9. The molecule has 0 aliphatic rings. The lowest BCUT2D eigenvalue weighted by Gasteiger charge is -2.23. The molecule has 0 rings (SSSR count). The Balaban J connectivity index is 0. The van der Waals surface area contributed by atoms with Crippen LogP contribution in [0.4, 0.5) is 0 Å². The molecule has 0 heterocycles. The van der Waals surface area contributed by atoms with Gasteiger partial charge in [-0.2, -0.15) is 0 Å². The van der Waals surface area contributed by atoms with Crippen molar-refractivity contribution in [1.82, 2.24) is 0 Å². The fourth-order valence-electron chi connectivity index (χ4n) is 4.91. The van der Waals surface area contributed by atoms with Crippen molar-refractivity contribution in [3.63, 3.8) is 0 Å². The van der Waals surface area contributed by atoms with Crippen LogP contribution >= 0.6 is 0 Å². The predicted molar refractivity (Wildman–Crippen MR) is 179 cm³/mol. The molecule has 9 heteroatoms. The molecule has 0 fully saturated rings. The summed E-state index contributed by atoms with van der Waals surface area (Å²) in [6, 6.07) is 0. The van der Waals surface area contributed by atoms with Crippen LogP contribution in [-0.4, -0.2) is 61.0 Å². The molecule has 0 aliphatic carbocycles. The smallest absolute Gasteiger partial charge is 0.339 e. The number of esters is 4. The van der Waals surface area contributed by atoms with E-state index in [0.29, 0.717) is 6.61 Å². The summed E-state index contributed by atoms with van der Waals surface area (Å²) >= 11 is 0. The summed E-state index contributed by atoms with van der Waals surface area (Å²) in [4.78, 5) is 46.5. The van der Waals surface area contributed by atoms with Crippen molar-refractivity contribution in [1.29, 1.82) is 0 Å². The summed E-state index contributed by atoms with van der Waals surface area (Å²) in [6.45, 7) is 12.2. The van der Waals surface area contributed by atoms with Crippen molar-refractivity contribution < 1.29 is 43.2 Å². The van der Waals surface area contributed by atoms with Gasteiger partial charge in [-0.3, -0.25) is 14.4 Å². The van der Waals surface area contributed by atoms with Crippen molar-refractivity contribution in [3.8, 4) is 0 Å². The molecule has 0 bridgehead atoms. The Morgan fingerprint density at radius 2 is 0.933 bits per heavy atom. The van der Waals surface area contributed by atoms with Crippen LogP contribution in [0.25, 0.3) is 0 Å². The molecule has 0 spiro atoms. The number of carbonyl (C=O) groups excluding carboxylic acids is 4. The van der Waals surface area contributed by atoms with Gasteiger partial charge in [0.1, 0.15) is 0 Å². The normalized spacial score (nSPS) is 11.6. The maximum Gasteiger partial charge on any atom is 0.339 e. The molecule has 0 aromatic carbocycles. The monoisotopic (exact) mass is 644 g/mol. The van der Waals surface area contributed by atoms with Crippen LogP contribution in [0.3, 0.4) is 0 Å². The Labute approximate surface area is 274 Å². The largest absolute Gasteiger partial charge is 0.466 e. The standard InChI is InChI=1S/C24H48O2.C12H20O7/c1-4-7-9-11-12-13-14-15-16-17-18-19-21-23(6-3)24(25)26-22-20-10-8-5-2;1-4-17-9(13)7-12(16,11(15)19-6-3)8-10(14)18-5-2/h23H,4-22H2,1-3H3;16H,4-8H2,1-3H3. The number of rotatable bonds is 28.